The number of benzene rings is 2. The molecular weight excluding hydrogens is 348 g/mol. The molecule has 3 heterocycles. The van der Waals surface area contributed by atoms with Gasteiger partial charge in [0.25, 0.3) is 0 Å². The number of hydrogen-bond donors (Lipinski definition) is 2. The number of nitrogens with two attached hydrogens (primary N) is 1. The number of pyridine rings is 2. The normalized spacial score (nSPS) is 11.1. The highest BCUT2D eigenvalue weighted by molar-refractivity contribution is 5.98. The summed E-state index contributed by atoms with van der Waals surface area (Å²) >= 11 is 0. The quantitative estimate of drug-likeness (QED) is 0.455. The molecule has 5 heteroatoms. The topological polar surface area (TPSA) is 77.0 Å². The van der Waals surface area contributed by atoms with E-state index in [4.69, 9.17) is 10.2 Å². The molecule has 0 spiro atoms. The van der Waals surface area contributed by atoms with Gasteiger partial charge < -0.3 is 15.5 Å². The molecule has 2 aromatic carbocycles. The van der Waals surface area contributed by atoms with Gasteiger partial charge in [0.2, 0.25) is 0 Å². The maximum atomic E-state index is 6.06. The van der Waals surface area contributed by atoms with Crippen molar-refractivity contribution in [1.29, 1.82) is 0 Å². The number of nitrogens with one attached hydrogen (secondary N) is 1. The highest BCUT2D eigenvalue weighted by Gasteiger charge is 2.11. The Hall–Kier alpha value is -3.86. The van der Waals surface area contributed by atoms with Gasteiger partial charge >= 0.3 is 0 Å². The van der Waals surface area contributed by atoms with Crippen molar-refractivity contribution in [1.82, 2.24) is 9.97 Å². The van der Waals surface area contributed by atoms with E-state index in [1.165, 1.54) is 0 Å². The zero-order chi connectivity index (χ0) is 18.9. The average Bonchev–Trinajstić information content (AvgIpc) is 3.16. The zero-order valence-corrected chi connectivity index (χ0v) is 15.1. The van der Waals surface area contributed by atoms with E-state index in [-0.39, 0.29) is 0 Å². The molecule has 3 N–H and O–H groups in total. The van der Waals surface area contributed by atoms with Gasteiger partial charge in [0.1, 0.15) is 17.2 Å². The third-order valence-corrected chi connectivity index (χ3v) is 4.79. The Bertz CT molecular complexity index is 1260. The van der Waals surface area contributed by atoms with Crippen molar-refractivity contribution in [3.05, 3.63) is 84.8 Å². The number of hydrogen-bond acceptors (Lipinski definition) is 5. The number of rotatable bonds is 4. The van der Waals surface area contributed by atoms with Gasteiger partial charge in [-0.15, -0.1) is 0 Å². The summed E-state index contributed by atoms with van der Waals surface area (Å²) in [7, 11) is 0. The fourth-order valence-corrected chi connectivity index (χ4v) is 3.39. The number of anilines is 2. The Morgan fingerprint density at radius 1 is 0.929 bits per heavy atom. The molecule has 0 saturated carbocycles. The van der Waals surface area contributed by atoms with Gasteiger partial charge in [-0.05, 0) is 47.3 Å². The van der Waals surface area contributed by atoms with Gasteiger partial charge in [-0.3, -0.25) is 4.98 Å². The standard InChI is InChI=1S/C23H18N4O/c24-23-9-15(7-8-26-23)12-27-18-6-5-17-13-25-14-20(19(17)11-18)22-10-16-3-1-2-4-21(16)28-22/h1-11,13-14,27H,12H2,(H2,24,26). The van der Waals surface area contributed by atoms with Crippen LogP contribution in [0.5, 0.6) is 0 Å². The van der Waals surface area contributed by atoms with Crippen LogP contribution >= 0.6 is 0 Å². The monoisotopic (exact) mass is 366 g/mol. The van der Waals surface area contributed by atoms with Crippen molar-refractivity contribution in [3.63, 3.8) is 0 Å². The second-order valence-electron chi connectivity index (χ2n) is 6.71. The summed E-state index contributed by atoms with van der Waals surface area (Å²) < 4.78 is 6.06. The fraction of sp³-hybridized carbons (Fsp3) is 0.0435. The first kappa shape index (κ1) is 16.3. The van der Waals surface area contributed by atoms with Gasteiger partial charge in [-0.1, -0.05) is 24.3 Å². The Labute approximate surface area is 161 Å². The van der Waals surface area contributed by atoms with Crippen LogP contribution in [-0.2, 0) is 6.54 Å². The maximum absolute atomic E-state index is 6.06. The van der Waals surface area contributed by atoms with E-state index < -0.39 is 0 Å². The third kappa shape index (κ3) is 3.03. The Balaban J connectivity index is 1.52. The molecule has 28 heavy (non-hydrogen) atoms. The highest BCUT2D eigenvalue weighted by Crippen LogP contribution is 2.33. The average molecular weight is 366 g/mol. The molecular formula is C23H18N4O. The Kier molecular flexibility index (Phi) is 3.91. The molecule has 0 aliphatic heterocycles. The highest BCUT2D eigenvalue weighted by atomic mass is 16.3. The van der Waals surface area contributed by atoms with Gasteiger partial charge in [0, 0.05) is 47.2 Å². The van der Waals surface area contributed by atoms with Crippen molar-refractivity contribution in [2.75, 3.05) is 11.1 Å². The lowest BCUT2D eigenvalue weighted by atomic mass is 10.0. The zero-order valence-electron chi connectivity index (χ0n) is 15.1. The predicted molar refractivity (Wildman–Crippen MR) is 113 cm³/mol. The van der Waals surface area contributed by atoms with E-state index in [9.17, 15) is 0 Å². The van der Waals surface area contributed by atoms with Crippen LogP contribution in [0.25, 0.3) is 33.1 Å². The van der Waals surface area contributed by atoms with E-state index in [0.717, 1.165) is 44.3 Å². The first-order valence-electron chi connectivity index (χ1n) is 9.07. The molecule has 0 atom stereocenters. The van der Waals surface area contributed by atoms with Gasteiger partial charge in [0.15, 0.2) is 0 Å². The summed E-state index contributed by atoms with van der Waals surface area (Å²) in [4.78, 5) is 8.42. The molecule has 0 radical (unpaired) electrons. The number of nitrogen functional groups attached to an aromatic ring is 1. The van der Waals surface area contributed by atoms with Crippen molar-refractivity contribution in [3.8, 4) is 11.3 Å². The summed E-state index contributed by atoms with van der Waals surface area (Å²) in [5.74, 6) is 1.34. The van der Waals surface area contributed by atoms with E-state index in [1.54, 1.807) is 6.20 Å². The van der Waals surface area contributed by atoms with Crippen molar-refractivity contribution < 1.29 is 4.42 Å². The minimum absolute atomic E-state index is 0.524. The SMILES string of the molecule is Nc1cc(CNc2ccc3cncc(-c4cc5ccccc5o4)c3c2)ccn1. The maximum Gasteiger partial charge on any atom is 0.137 e. The molecule has 0 aliphatic carbocycles. The fourth-order valence-electron chi connectivity index (χ4n) is 3.39. The minimum atomic E-state index is 0.524. The van der Waals surface area contributed by atoms with Crippen LogP contribution in [-0.4, -0.2) is 9.97 Å². The van der Waals surface area contributed by atoms with E-state index in [1.807, 2.05) is 48.8 Å². The molecule has 0 fully saturated rings. The predicted octanol–water partition coefficient (Wildman–Crippen LogP) is 5.24. The van der Waals surface area contributed by atoms with Gasteiger partial charge in [0.05, 0.1) is 0 Å². The largest absolute Gasteiger partial charge is 0.456 e. The first-order valence-corrected chi connectivity index (χ1v) is 9.07. The molecule has 0 aliphatic rings. The number of para-hydroxylation sites is 1. The lowest BCUT2D eigenvalue weighted by Gasteiger charge is -2.10. The van der Waals surface area contributed by atoms with E-state index in [2.05, 4.69) is 39.6 Å². The van der Waals surface area contributed by atoms with Crippen molar-refractivity contribution in [2.45, 2.75) is 6.54 Å². The molecule has 3 aromatic heterocycles. The molecule has 5 rings (SSSR count). The smallest absolute Gasteiger partial charge is 0.137 e. The van der Waals surface area contributed by atoms with Gasteiger partial charge in [-0.2, -0.15) is 0 Å². The molecule has 0 saturated heterocycles. The first-order chi connectivity index (χ1) is 13.8. The second-order valence-corrected chi connectivity index (χ2v) is 6.71. The van der Waals surface area contributed by atoms with Crippen LogP contribution in [0.1, 0.15) is 5.56 Å². The molecule has 136 valence electrons. The van der Waals surface area contributed by atoms with Crippen molar-refractivity contribution >= 4 is 33.2 Å². The van der Waals surface area contributed by atoms with Crippen molar-refractivity contribution in [2.24, 2.45) is 0 Å². The third-order valence-electron chi connectivity index (χ3n) is 4.79. The summed E-state index contributed by atoms with van der Waals surface area (Å²) in [5, 5.41) is 6.69. The molecule has 0 bridgehead atoms. The molecule has 0 unspecified atom stereocenters. The summed E-state index contributed by atoms with van der Waals surface area (Å²) in [5.41, 5.74) is 9.72. The molecule has 5 nitrogen and oxygen atoms in total. The number of furan rings is 1. The second kappa shape index (κ2) is 6.70. The van der Waals surface area contributed by atoms with Crippen LogP contribution < -0.4 is 11.1 Å². The lowest BCUT2D eigenvalue weighted by Crippen LogP contribution is -2.01. The molecule has 0 amide bonds. The van der Waals surface area contributed by atoms with Crippen LogP contribution in [0.15, 0.2) is 83.7 Å². The van der Waals surface area contributed by atoms with Crippen LogP contribution in [0, 0.1) is 0 Å². The minimum Gasteiger partial charge on any atom is -0.456 e. The summed E-state index contributed by atoms with van der Waals surface area (Å²) in [6, 6.07) is 20.1. The summed E-state index contributed by atoms with van der Waals surface area (Å²) in [6.07, 6.45) is 5.44. The van der Waals surface area contributed by atoms with E-state index >= 15 is 0 Å². The molecule has 5 aromatic rings. The van der Waals surface area contributed by atoms with Gasteiger partial charge in [-0.25, -0.2) is 4.98 Å². The lowest BCUT2D eigenvalue weighted by molar-refractivity contribution is 0.632. The Morgan fingerprint density at radius 3 is 2.75 bits per heavy atom. The summed E-state index contributed by atoms with van der Waals surface area (Å²) in [6.45, 7) is 0.670. The van der Waals surface area contributed by atoms with E-state index in [0.29, 0.717) is 12.4 Å². The van der Waals surface area contributed by atoms with Crippen LogP contribution in [0.3, 0.4) is 0 Å². The Morgan fingerprint density at radius 2 is 1.86 bits per heavy atom. The number of aromatic nitrogens is 2. The van der Waals surface area contributed by atoms with Crippen LogP contribution in [0.4, 0.5) is 11.5 Å². The number of fused-ring (bicyclic) bond motifs is 2. The van der Waals surface area contributed by atoms with Crippen LogP contribution in [0.2, 0.25) is 0 Å². The number of nitrogens with zero attached hydrogens (tertiary/aromatic N) is 2.